The summed E-state index contributed by atoms with van der Waals surface area (Å²) in [5.74, 6) is 7.03. The molecule has 0 aromatic rings. The predicted octanol–water partition coefficient (Wildman–Crippen LogP) is 6.42. The Morgan fingerprint density at radius 1 is 0.750 bits per heavy atom. The van der Waals surface area contributed by atoms with Crippen molar-refractivity contribution in [1.82, 2.24) is 0 Å². The van der Waals surface area contributed by atoms with Gasteiger partial charge in [-0.15, -0.1) is 0 Å². The summed E-state index contributed by atoms with van der Waals surface area (Å²) in [5.41, 5.74) is 1.93. The van der Waals surface area contributed by atoms with Gasteiger partial charge in [-0.3, -0.25) is 0 Å². The van der Waals surface area contributed by atoms with Gasteiger partial charge in [-0.2, -0.15) is 0 Å². The van der Waals surface area contributed by atoms with Gasteiger partial charge in [0.1, 0.15) is 0 Å². The molecule has 24 heavy (non-hydrogen) atoms. The fraction of sp³-hybridized carbons (Fsp3) is 1.00. The van der Waals surface area contributed by atoms with Gasteiger partial charge in [-0.05, 0) is 128 Å². The lowest BCUT2D eigenvalue weighted by atomic mass is 9.56. The van der Waals surface area contributed by atoms with Crippen LogP contribution in [0.3, 0.4) is 0 Å². The van der Waals surface area contributed by atoms with Crippen molar-refractivity contribution in [2.75, 3.05) is 0 Å². The molecular weight excluding hydrogens is 307 g/mol. The highest BCUT2D eigenvalue weighted by atomic mass is 31.1. The Hall–Kier alpha value is 0.430. The molecule has 1 spiro atoms. The summed E-state index contributed by atoms with van der Waals surface area (Å²) >= 11 is 0. The molecule has 8 saturated carbocycles. The molecule has 8 aliphatic carbocycles. The van der Waals surface area contributed by atoms with Crippen LogP contribution in [0.25, 0.3) is 0 Å². The normalized spacial score (nSPS) is 65.6. The van der Waals surface area contributed by atoms with Gasteiger partial charge < -0.3 is 0 Å². The molecule has 8 rings (SSSR count). The first-order chi connectivity index (χ1) is 11.5. The van der Waals surface area contributed by atoms with Gasteiger partial charge in [0.2, 0.25) is 0 Å². The highest BCUT2D eigenvalue weighted by Gasteiger charge is 2.84. The first kappa shape index (κ1) is 14.5. The van der Waals surface area contributed by atoms with E-state index in [4.69, 9.17) is 0 Å². The van der Waals surface area contributed by atoms with Gasteiger partial charge in [0.25, 0.3) is 0 Å². The topological polar surface area (TPSA) is 0 Å². The van der Waals surface area contributed by atoms with Gasteiger partial charge in [0.15, 0.2) is 0 Å². The van der Waals surface area contributed by atoms with E-state index >= 15 is 0 Å². The van der Waals surface area contributed by atoms with Crippen molar-refractivity contribution in [3.8, 4) is 0 Å². The second kappa shape index (κ2) is 4.13. The molecule has 0 aliphatic heterocycles. The maximum atomic E-state index is 2.66. The lowest BCUT2D eigenvalue weighted by Crippen LogP contribution is -2.53. The molecule has 0 saturated heterocycles. The molecule has 6 atom stereocenters. The first-order valence-electron chi connectivity index (χ1n) is 11.3. The third-order valence-electron chi connectivity index (χ3n) is 10.7. The Balaban J connectivity index is 1.32. The fourth-order valence-electron chi connectivity index (χ4n) is 11.0. The zero-order valence-electron chi connectivity index (χ0n) is 15.8. The minimum Gasteiger partial charge on any atom is -0.0907 e. The van der Waals surface area contributed by atoms with E-state index in [-0.39, 0.29) is 7.92 Å². The van der Waals surface area contributed by atoms with Crippen LogP contribution in [-0.2, 0) is 0 Å². The zero-order valence-corrected chi connectivity index (χ0v) is 16.7. The average molecular weight is 343 g/mol. The molecule has 0 N–H and O–H groups in total. The SMILES string of the molecule is CC(C)P(C12CC3CC(CC(C3)C1)C2)C12CC3CC4CC1(C2)C4C3. The first-order valence-corrected chi connectivity index (χ1v) is 12.7. The van der Waals surface area contributed by atoms with Crippen LogP contribution in [-0.4, -0.2) is 16.0 Å². The largest absolute Gasteiger partial charge is 0.0907 e. The van der Waals surface area contributed by atoms with Crippen LogP contribution in [0.5, 0.6) is 0 Å². The van der Waals surface area contributed by atoms with Crippen molar-refractivity contribution in [2.24, 2.45) is 40.9 Å². The van der Waals surface area contributed by atoms with Gasteiger partial charge in [0.05, 0.1) is 0 Å². The van der Waals surface area contributed by atoms with Crippen molar-refractivity contribution in [1.29, 1.82) is 0 Å². The Kier molecular flexibility index (Phi) is 2.49. The summed E-state index contributed by atoms with van der Waals surface area (Å²) in [7, 11) is 0.256. The molecule has 0 aromatic heterocycles. The second-order valence-electron chi connectivity index (χ2n) is 12.1. The van der Waals surface area contributed by atoms with Gasteiger partial charge in [0, 0.05) is 0 Å². The van der Waals surface area contributed by atoms with Crippen molar-refractivity contribution >= 4 is 7.92 Å². The molecule has 8 fully saturated rings. The summed E-state index contributed by atoms with van der Waals surface area (Å²) in [6.07, 6.45) is 18.3. The number of hydrogen-bond acceptors (Lipinski definition) is 0. The molecule has 1 heteroatoms. The Morgan fingerprint density at radius 2 is 1.38 bits per heavy atom. The Labute approximate surface area is 149 Å². The van der Waals surface area contributed by atoms with Crippen LogP contribution in [0.1, 0.15) is 84.5 Å². The molecule has 132 valence electrons. The summed E-state index contributed by atoms with van der Waals surface area (Å²) in [6.45, 7) is 5.33. The lowest BCUT2D eigenvalue weighted by Gasteiger charge is -2.64. The summed E-state index contributed by atoms with van der Waals surface area (Å²) in [5, 5.41) is 1.77. The molecule has 0 radical (unpaired) electrons. The average Bonchev–Trinajstić information content (AvgIpc) is 3.06. The van der Waals surface area contributed by atoms with Crippen LogP contribution in [0.2, 0.25) is 0 Å². The van der Waals surface area contributed by atoms with E-state index in [1.165, 1.54) is 11.8 Å². The van der Waals surface area contributed by atoms with E-state index in [0.717, 1.165) is 45.1 Å². The van der Waals surface area contributed by atoms with Crippen molar-refractivity contribution in [2.45, 2.75) is 100 Å². The van der Waals surface area contributed by atoms with E-state index in [0.29, 0.717) is 0 Å². The molecule has 0 heterocycles. The maximum Gasteiger partial charge on any atom is -0.00192 e. The van der Waals surface area contributed by atoms with Crippen molar-refractivity contribution in [3.63, 3.8) is 0 Å². The summed E-state index contributed by atoms with van der Waals surface area (Å²) < 4.78 is 0. The van der Waals surface area contributed by atoms with Gasteiger partial charge >= 0.3 is 0 Å². The Morgan fingerprint density at radius 3 is 2.00 bits per heavy atom. The zero-order chi connectivity index (χ0) is 15.9. The van der Waals surface area contributed by atoms with E-state index in [1.54, 1.807) is 70.6 Å². The molecule has 0 amide bonds. The van der Waals surface area contributed by atoms with Crippen molar-refractivity contribution in [3.05, 3.63) is 0 Å². The van der Waals surface area contributed by atoms with E-state index in [1.807, 2.05) is 0 Å². The van der Waals surface area contributed by atoms with Gasteiger partial charge in [-0.25, -0.2) is 0 Å². The van der Waals surface area contributed by atoms with E-state index in [9.17, 15) is 0 Å². The van der Waals surface area contributed by atoms with Gasteiger partial charge in [-0.1, -0.05) is 21.8 Å². The van der Waals surface area contributed by atoms with Crippen LogP contribution in [0, 0.1) is 40.9 Å². The van der Waals surface area contributed by atoms with E-state index < -0.39 is 0 Å². The van der Waals surface area contributed by atoms with Crippen molar-refractivity contribution < 1.29 is 0 Å². The minimum absolute atomic E-state index is 0.256. The summed E-state index contributed by atoms with van der Waals surface area (Å²) in [6, 6.07) is 0. The molecular formula is C23H35P. The highest BCUT2D eigenvalue weighted by molar-refractivity contribution is 7.62. The third-order valence-corrected chi connectivity index (χ3v) is 15.0. The predicted molar refractivity (Wildman–Crippen MR) is 102 cm³/mol. The second-order valence-corrected chi connectivity index (χ2v) is 15.7. The number of rotatable bonds is 3. The summed E-state index contributed by atoms with van der Waals surface area (Å²) in [4.78, 5) is 0. The molecule has 8 aliphatic rings. The lowest BCUT2D eigenvalue weighted by molar-refractivity contribution is 0.0311. The smallest absolute Gasteiger partial charge is 0.00192 e. The minimum atomic E-state index is 0.256. The highest BCUT2D eigenvalue weighted by Crippen LogP contribution is 2.95. The monoisotopic (exact) mass is 342 g/mol. The number of hydrogen-bond donors (Lipinski definition) is 0. The molecule has 6 bridgehead atoms. The van der Waals surface area contributed by atoms with Crippen LogP contribution < -0.4 is 0 Å². The van der Waals surface area contributed by atoms with Crippen LogP contribution >= 0.6 is 7.92 Å². The molecule has 6 unspecified atom stereocenters. The fourth-order valence-corrected chi connectivity index (χ4v) is 17.0. The maximum absolute atomic E-state index is 2.66. The standard InChI is InChI=1S/C23H35P/c1-14(2)24(21-8-15-3-16(9-21)5-17(4-15)10-21)23-11-18-6-19-12-22(23,13-23)20(19)7-18/h14-20H,3-13H2,1-2H3. The van der Waals surface area contributed by atoms with Crippen LogP contribution in [0.15, 0.2) is 0 Å². The quantitative estimate of drug-likeness (QED) is 0.519. The third kappa shape index (κ3) is 1.45. The Bertz CT molecular complexity index is 570. The molecule has 0 nitrogen and oxygen atoms in total. The van der Waals surface area contributed by atoms with Crippen LogP contribution in [0.4, 0.5) is 0 Å². The molecule has 0 aromatic carbocycles. The van der Waals surface area contributed by atoms with E-state index in [2.05, 4.69) is 13.8 Å². The number of fused-ring (bicyclic) bond motifs is 1.